The molecule has 78 valence electrons. The van der Waals surface area contributed by atoms with Crippen molar-refractivity contribution in [1.29, 1.82) is 0 Å². The highest BCUT2D eigenvalue weighted by atomic mass is 19.2. The topological polar surface area (TPSA) is 52.0 Å². The van der Waals surface area contributed by atoms with Crippen LogP contribution in [0.4, 0.5) is 13.2 Å². The van der Waals surface area contributed by atoms with E-state index in [0.717, 1.165) is 6.07 Å². The van der Waals surface area contributed by atoms with Crippen LogP contribution in [0.15, 0.2) is 12.1 Å². The molecule has 0 saturated heterocycles. The monoisotopic (exact) mass is 204 g/mol. The molecule has 0 bridgehead atoms. The third-order valence-corrected chi connectivity index (χ3v) is 1.92. The van der Waals surface area contributed by atoms with Gasteiger partial charge in [-0.2, -0.15) is 0 Å². The Morgan fingerprint density at radius 1 is 1.07 bits per heavy atom. The Kier molecular flexibility index (Phi) is 3.49. The number of benzene rings is 1. The quantitative estimate of drug-likeness (QED) is 0.732. The van der Waals surface area contributed by atoms with E-state index in [1.165, 1.54) is 0 Å². The van der Waals surface area contributed by atoms with Gasteiger partial charge in [0.25, 0.3) is 0 Å². The average molecular weight is 204 g/mol. The smallest absolute Gasteiger partial charge is 0.161 e. The van der Waals surface area contributed by atoms with E-state index in [1.54, 1.807) is 0 Å². The summed E-state index contributed by atoms with van der Waals surface area (Å²) in [5.41, 5.74) is 10.7. The first-order valence-electron chi connectivity index (χ1n) is 4.16. The van der Waals surface area contributed by atoms with Crippen LogP contribution in [0.3, 0.4) is 0 Å². The van der Waals surface area contributed by atoms with Gasteiger partial charge in [0.05, 0.1) is 0 Å². The van der Waals surface area contributed by atoms with Crippen LogP contribution in [0.25, 0.3) is 0 Å². The first kappa shape index (κ1) is 11.0. The lowest BCUT2D eigenvalue weighted by Crippen LogP contribution is -2.17. The van der Waals surface area contributed by atoms with Gasteiger partial charge in [0, 0.05) is 17.7 Å². The lowest BCUT2D eigenvalue weighted by molar-refractivity contribution is 0.482. The molecule has 14 heavy (non-hydrogen) atoms. The van der Waals surface area contributed by atoms with Gasteiger partial charge in [0.15, 0.2) is 11.6 Å². The standard InChI is InChI=1S/C9H11F3N2/c10-6-4-8(12)7(11)3-5(6)9(14)1-2-13/h3-4,9H,1-2,13-14H2/t9-/m0/s1. The van der Waals surface area contributed by atoms with Gasteiger partial charge >= 0.3 is 0 Å². The van der Waals surface area contributed by atoms with E-state index in [1.807, 2.05) is 0 Å². The van der Waals surface area contributed by atoms with E-state index in [2.05, 4.69) is 0 Å². The lowest BCUT2D eigenvalue weighted by atomic mass is 10.0. The molecule has 1 rings (SSSR count). The second kappa shape index (κ2) is 4.43. The summed E-state index contributed by atoms with van der Waals surface area (Å²) in [6, 6.07) is 0.557. The van der Waals surface area contributed by atoms with Crippen LogP contribution >= 0.6 is 0 Å². The van der Waals surface area contributed by atoms with E-state index in [4.69, 9.17) is 11.5 Å². The summed E-state index contributed by atoms with van der Waals surface area (Å²) < 4.78 is 38.3. The van der Waals surface area contributed by atoms with E-state index in [0.29, 0.717) is 12.5 Å². The predicted octanol–water partition coefficient (Wildman–Crippen LogP) is 1.45. The van der Waals surface area contributed by atoms with Gasteiger partial charge in [0.2, 0.25) is 0 Å². The molecule has 0 aliphatic carbocycles. The Hall–Kier alpha value is -1.07. The molecule has 0 aliphatic heterocycles. The fraction of sp³-hybridized carbons (Fsp3) is 0.333. The van der Waals surface area contributed by atoms with E-state index >= 15 is 0 Å². The molecule has 1 aromatic carbocycles. The summed E-state index contributed by atoms with van der Waals surface area (Å²) in [5.74, 6) is -3.16. The average Bonchev–Trinajstić information content (AvgIpc) is 2.11. The van der Waals surface area contributed by atoms with Gasteiger partial charge in [-0.05, 0) is 19.0 Å². The van der Waals surface area contributed by atoms with Gasteiger partial charge in [-0.15, -0.1) is 0 Å². The van der Waals surface area contributed by atoms with Crippen LogP contribution < -0.4 is 11.5 Å². The molecule has 2 nitrogen and oxygen atoms in total. The highest BCUT2D eigenvalue weighted by Gasteiger charge is 2.14. The molecule has 0 heterocycles. The minimum atomic E-state index is -1.22. The van der Waals surface area contributed by atoms with Crippen LogP contribution in [0.2, 0.25) is 0 Å². The summed E-state index contributed by atoms with van der Waals surface area (Å²) in [5, 5.41) is 0. The Morgan fingerprint density at radius 2 is 1.64 bits per heavy atom. The number of rotatable bonds is 3. The van der Waals surface area contributed by atoms with Crippen molar-refractivity contribution < 1.29 is 13.2 Å². The Labute approximate surface area is 79.7 Å². The number of hydrogen-bond acceptors (Lipinski definition) is 2. The van der Waals surface area contributed by atoms with Crippen molar-refractivity contribution in [2.75, 3.05) is 6.54 Å². The maximum atomic E-state index is 13.1. The van der Waals surface area contributed by atoms with Gasteiger partial charge < -0.3 is 11.5 Å². The van der Waals surface area contributed by atoms with Crippen molar-refractivity contribution in [3.8, 4) is 0 Å². The third-order valence-electron chi connectivity index (χ3n) is 1.92. The summed E-state index contributed by atoms with van der Waals surface area (Å²) in [6.07, 6.45) is 0.321. The Balaban J connectivity index is 3.02. The molecular formula is C9H11F3N2. The molecule has 0 amide bonds. The lowest BCUT2D eigenvalue weighted by Gasteiger charge is -2.11. The summed E-state index contributed by atoms with van der Waals surface area (Å²) >= 11 is 0. The minimum Gasteiger partial charge on any atom is -0.330 e. The zero-order chi connectivity index (χ0) is 10.7. The molecule has 0 saturated carbocycles. The Morgan fingerprint density at radius 3 is 2.21 bits per heavy atom. The van der Waals surface area contributed by atoms with Gasteiger partial charge in [-0.3, -0.25) is 0 Å². The van der Waals surface area contributed by atoms with Crippen LogP contribution in [-0.4, -0.2) is 6.54 Å². The molecule has 0 aromatic heterocycles. The summed E-state index contributed by atoms with van der Waals surface area (Å²) in [6.45, 7) is 0.263. The first-order chi connectivity index (χ1) is 6.56. The van der Waals surface area contributed by atoms with Crippen LogP contribution in [0.1, 0.15) is 18.0 Å². The van der Waals surface area contributed by atoms with Crippen molar-refractivity contribution in [2.24, 2.45) is 11.5 Å². The van der Waals surface area contributed by atoms with Crippen molar-refractivity contribution in [3.63, 3.8) is 0 Å². The normalized spacial score (nSPS) is 12.9. The van der Waals surface area contributed by atoms with Gasteiger partial charge in [-0.25, -0.2) is 13.2 Å². The molecule has 4 N–H and O–H groups in total. The van der Waals surface area contributed by atoms with Gasteiger partial charge in [-0.1, -0.05) is 0 Å². The second-order valence-electron chi connectivity index (χ2n) is 2.97. The number of nitrogens with two attached hydrogens (primary N) is 2. The second-order valence-corrected chi connectivity index (χ2v) is 2.97. The third kappa shape index (κ3) is 2.24. The largest absolute Gasteiger partial charge is 0.330 e. The fourth-order valence-electron chi connectivity index (χ4n) is 1.16. The fourth-order valence-corrected chi connectivity index (χ4v) is 1.16. The van der Waals surface area contributed by atoms with Crippen LogP contribution in [0.5, 0.6) is 0 Å². The first-order valence-corrected chi connectivity index (χ1v) is 4.16. The molecule has 0 fully saturated rings. The van der Waals surface area contributed by atoms with Crippen molar-refractivity contribution >= 4 is 0 Å². The van der Waals surface area contributed by atoms with E-state index in [-0.39, 0.29) is 12.1 Å². The molecule has 5 heteroatoms. The predicted molar refractivity (Wildman–Crippen MR) is 46.9 cm³/mol. The van der Waals surface area contributed by atoms with Crippen molar-refractivity contribution in [2.45, 2.75) is 12.5 Å². The minimum absolute atomic E-state index is 0.0469. The highest BCUT2D eigenvalue weighted by Crippen LogP contribution is 2.20. The van der Waals surface area contributed by atoms with E-state index < -0.39 is 23.5 Å². The Bertz CT molecular complexity index is 328. The highest BCUT2D eigenvalue weighted by molar-refractivity contribution is 5.23. The molecule has 0 radical (unpaired) electrons. The molecule has 0 unspecified atom stereocenters. The van der Waals surface area contributed by atoms with Crippen molar-refractivity contribution in [1.82, 2.24) is 0 Å². The zero-order valence-electron chi connectivity index (χ0n) is 7.43. The summed E-state index contributed by atoms with van der Waals surface area (Å²) in [4.78, 5) is 0. The van der Waals surface area contributed by atoms with Crippen LogP contribution in [-0.2, 0) is 0 Å². The van der Waals surface area contributed by atoms with Crippen LogP contribution in [0, 0.1) is 17.5 Å². The molecule has 1 aromatic rings. The van der Waals surface area contributed by atoms with Crippen molar-refractivity contribution in [3.05, 3.63) is 35.1 Å². The SMILES string of the molecule is NCC[C@H](N)c1cc(F)c(F)cc1F. The maximum Gasteiger partial charge on any atom is 0.161 e. The molecule has 0 spiro atoms. The summed E-state index contributed by atoms with van der Waals surface area (Å²) in [7, 11) is 0. The number of hydrogen-bond donors (Lipinski definition) is 2. The van der Waals surface area contributed by atoms with Gasteiger partial charge in [0.1, 0.15) is 5.82 Å². The van der Waals surface area contributed by atoms with E-state index in [9.17, 15) is 13.2 Å². The zero-order valence-corrected chi connectivity index (χ0v) is 7.43. The number of halogens is 3. The molecule has 0 aliphatic rings. The molecule has 1 atom stereocenters. The maximum absolute atomic E-state index is 13.1. The molecular weight excluding hydrogens is 193 g/mol.